The molecule has 0 aliphatic heterocycles. The maximum atomic E-state index is 2.37. The summed E-state index contributed by atoms with van der Waals surface area (Å²) < 4.78 is 0. The van der Waals surface area contributed by atoms with E-state index in [1.165, 1.54) is 128 Å². The number of hydrogen-bond acceptors (Lipinski definition) is 0. The van der Waals surface area contributed by atoms with Gasteiger partial charge in [-0.15, -0.1) is 0 Å². The second-order valence-electron chi connectivity index (χ2n) is 11.3. The monoisotopic (exact) mass is 518 g/mol. The molecule has 0 N–H and O–H groups in total. The van der Waals surface area contributed by atoms with Gasteiger partial charge in [-0.05, 0) is 51.4 Å². The van der Waals surface area contributed by atoms with E-state index in [-0.39, 0.29) is 12.4 Å². The standard InChI is InChI=1S/C32H68P.ClH/c1-5-9-13-17-18-19-20-21-22-23-24-28-32-33(29-25-14-10-6-2,30-26-15-11-7-3)31-27-16-12-8-4;/h5-32H2,1-4H3;1H/q+1;/p-1. The first-order valence-corrected chi connectivity index (χ1v) is 18.6. The van der Waals surface area contributed by atoms with Crippen LogP contribution >= 0.6 is 7.26 Å². The lowest BCUT2D eigenvalue weighted by Crippen LogP contribution is -3.00. The van der Waals surface area contributed by atoms with Crippen molar-refractivity contribution in [1.29, 1.82) is 0 Å². The number of halogens is 1. The lowest BCUT2D eigenvalue weighted by Gasteiger charge is -2.28. The van der Waals surface area contributed by atoms with Crippen LogP contribution in [0.2, 0.25) is 0 Å². The Hall–Kier alpha value is 0.720. The molecule has 0 aromatic carbocycles. The summed E-state index contributed by atoms with van der Waals surface area (Å²) in [5.41, 5.74) is 0. The van der Waals surface area contributed by atoms with Crippen LogP contribution in [0.15, 0.2) is 0 Å². The van der Waals surface area contributed by atoms with Crippen LogP contribution in [0.5, 0.6) is 0 Å². The van der Waals surface area contributed by atoms with Crippen LogP contribution in [-0.2, 0) is 0 Å². The van der Waals surface area contributed by atoms with Crippen molar-refractivity contribution in [1.82, 2.24) is 0 Å². The van der Waals surface area contributed by atoms with E-state index in [0.717, 1.165) is 0 Å². The summed E-state index contributed by atoms with van der Waals surface area (Å²) in [6.07, 6.45) is 42.1. The molecule has 208 valence electrons. The van der Waals surface area contributed by atoms with E-state index in [9.17, 15) is 0 Å². The molecule has 0 unspecified atom stereocenters. The molecule has 0 saturated carbocycles. The first-order valence-electron chi connectivity index (χ1n) is 16.1. The van der Waals surface area contributed by atoms with Crippen molar-refractivity contribution in [3.05, 3.63) is 0 Å². The smallest absolute Gasteiger partial charge is 0.0594 e. The predicted octanol–water partition coefficient (Wildman–Crippen LogP) is 9.45. The highest BCUT2D eigenvalue weighted by Crippen LogP contribution is 2.61. The Morgan fingerprint density at radius 2 is 0.441 bits per heavy atom. The molecular weight excluding hydrogens is 451 g/mol. The van der Waals surface area contributed by atoms with Gasteiger partial charge in [-0.3, -0.25) is 0 Å². The van der Waals surface area contributed by atoms with Crippen LogP contribution < -0.4 is 12.4 Å². The normalized spacial score (nSPS) is 11.6. The highest BCUT2D eigenvalue weighted by atomic mass is 35.5. The number of rotatable bonds is 28. The fourth-order valence-electron chi connectivity index (χ4n) is 5.58. The summed E-state index contributed by atoms with van der Waals surface area (Å²) in [5, 5.41) is 0. The van der Waals surface area contributed by atoms with Gasteiger partial charge in [0.25, 0.3) is 0 Å². The van der Waals surface area contributed by atoms with Crippen LogP contribution in [0.25, 0.3) is 0 Å². The summed E-state index contributed by atoms with van der Waals surface area (Å²) in [7, 11) is -0.697. The lowest BCUT2D eigenvalue weighted by atomic mass is 10.1. The van der Waals surface area contributed by atoms with Crippen molar-refractivity contribution in [3.63, 3.8) is 0 Å². The Morgan fingerprint density at radius 3 is 0.676 bits per heavy atom. The lowest BCUT2D eigenvalue weighted by molar-refractivity contribution is -0.00000755. The van der Waals surface area contributed by atoms with Gasteiger partial charge in [0, 0.05) is 7.26 Å². The van der Waals surface area contributed by atoms with Gasteiger partial charge in [0.2, 0.25) is 0 Å². The molecule has 0 amide bonds. The minimum atomic E-state index is -0.697. The average Bonchev–Trinajstić information content (AvgIpc) is 2.83. The van der Waals surface area contributed by atoms with Crippen molar-refractivity contribution in [2.75, 3.05) is 24.6 Å². The molecule has 0 atom stereocenters. The minimum Gasteiger partial charge on any atom is -1.00 e. The predicted molar refractivity (Wildman–Crippen MR) is 160 cm³/mol. The van der Waals surface area contributed by atoms with E-state index >= 15 is 0 Å². The third-order valence-corrected chi connectivity index (χ3v) is 13.0. The fraction of sp³-hybridized carbons (Fsp3) is 1.00. The third-order valence-electron chi connectivity index (χ3n) is 7.94. The SMILES string of the molecule is CCCCCCCCCCCCCC[P+](CCCCCC)(CCCCCC)CCCCCC.[Cl-]. The molecule has 2 heteroatoms. The van der Waals surface area contributed by atoms with Crippen LogP contribution in [0.3, 0.4) is 0 Å². The summed E-state index contributed by atoms with van der Waals surface area (Å²) in [6.45, 7) is 9.41. The zero-order valence-corrected chi connectivity index (χ0v) is 26.3. The van der Waals surface area contributed by atoms with E-state index in [1.54, 1.807) is 50.3 Å². The summed E-state index contributed by atoms with van der Waals surface area (Å²) in [6, 6.07) is 0. The Kier molecular flexibility index (Phi) is 32.5. The highest BCUT2D eigenvalue weighted by molar-refractivity contribution is 7.75. The Labute approximate surface area is 225 Å². The van der Waals surface area contributed by atoms with Gasteiger partial charge < -0.3 is 12.4 Å². The van der Waals surface area contributed by atoms with Gasteiger partial charge in [0.05, 0.1) is 24.6 Å². The average molecular weight is 519 g/mol. The van der Waals surface area contributed by atoms with E-state index in [0.29, 0.717) is 0 Å². The van der Waals surface area contributed by atoms with Crippen LogP contribution in [0.4, 0.5) is 0 Å². The summed E-state index contributed by atoms with van der Waals surface area (Å²) in [4.78, 5) is 0. The van der Waals surface area contributed by atoms with E-state index in [4.69, 9.17) is 0 Å². The maximum absolute atomic E-state index is 2.37. The summed E-state index contributed by atoms with van der Waals surface area (Å²) in [5.74, 6) is 0. The van der Waals surface area contributed by atoms with Gasteiger partial charge in [-0.1, -0.05) is 130 Å². The van der Waals surface area contributed by atoms with Gasteiger partial charge in [-0.25, -0.2) is 0 Å². The molecule has 0 saturated heterocycles. The zero-order chi connectivity index (χ0) is 24.3. The second kappa shape index (κ2) is 29.9. The van der Waals surface area contributed by atoms with Gasteiger partial charge in [-0.2, -0.15) is 0 Å². The number of hydrogen-bond donors (Lipinski definition) is 0. The molecule has 0 radical (unpaired) electrons. The highest BCUT2D eigenvalue weighted by Gasteiger charge is 2.34. The van der Waals surface area contributed by atoms with Gasteiger partial charge >= 0.3 is 0 Å². The molecule has 34 heavy (non-hydrogen) atoms. The van der Waals surface area contributed by atoms with Crippen molar-refractivity contribution in [2.45, 2.75) is 182 Å². The van der Waals surface area contributed by atoms with Crippen molar-refractivity contribution >= 4 is 7.26 Å². The summed E-state index contributed by atoms with van der Waals surface area (Å²) >= 11 is 0. The number of unbranched alkanes of at least 4 members (excludes halogenated alkanes) is 20. The van der Waals surface area contributed by atoms with Crippen LogP contribution in [0, 0.1) is 0 Å². The second-order valence-corrected chi connectivity index (χ2v) is 15.8. The molecule has 0 rings (SSSR count). The molecule has 0 heterocycles. The third kappa shape index (κ3) is 24.4. The Balaban J connectivity index is 0. The molecule has 0 aliphatic rings. The molecule has 0 aromatic rings. The van der Waals surface area contributed by atoms with Crippen LogP contribution in [0.1, 0.15) is 182 Å². The van der Waals surface area contributed by atoms with Crippen LogP contribution in [-0.4, -0.2) is 24.6 Å². The molecule has 0 spiro atoms. The van der Waals surface area contributed by atoms with E-state index < -0.39 is 7.26 Å². The topological polar surface area (TPSA) is 0 Å². The van der Waals surface area contributed by atoms with E-state index in [2.05, 4.69) is 27.7 Å². The first-order chi connectivity index (χ1) is 16.2. The van der Waals surface area contributed by atoms with Gasteiger partial charge in [0.1, 0.15) is 0 Å². The first kappa shape index (κ1) is 36.9. The zero-order valence-electron chi connectivity index (χ0n) is 24.6. The van der Waals surface area contributed by atoms with Crippen molar-refractivity contribution in [2.24, 2.45) is 0 Å². The molecule has 0 fully saturated rings. The fourth-order valence-corrected chi connectivity index (χ4v) is 10.5. The van der Waals surface area contributed by atoms with Crippen molar-refractivity contribution in [3.8, 4) is 0 Å². The molecular formula is C32H68ClP. The molecule has 0 aromatic heterocycles. The molecule has 0 bridgehead atoms. The Bertz CT molecular complexity index is 326. The quantitative estimate of drug-likeness (QED) is 0.0714. The van der Waals surface area contributed by atoms with Gasteiger partial charge in [0.15, 0.2) is 0 Å². The van der Waals surface area contributed by atoms with E-state index in [1.807, 2.05) is 0 Å². The largest absolute Gasteiger partial charge is 1.00 e. The minimum absolute atomic E-state index is 0. The Morgan fingerprint density at radius 1 is 0.265 bits per heavy atom. The molecule has 0 nitrogen and oxygen atoms in total. The van der Waals surface area contributed by atoms with Crippen molar-refractivity contribution < 1.29 is 12.4 Å². The molecule has 0 aliphatic carbocycles. The maximum Gasteiger partial charge on any atom is 0.0594 e.